The summed E-state index contributed by atoms with van der Waals surface area (Å²) in [5.41, 5.74) is 1.31. The Hall–Kier alpha value is -2.40. The van der Waals surface area contributed by atoms with Crippen molar-refractivity contribution in [2.45, 2.75) is 76.0 Å². The maximum atomic E-state index is 13.5. The maximum Gasteiger partial charge on any atom is 0.342 e. The Morgan fingerprint density at radius 2 is 1.84 bits per heavy atom. The van der Waals surface area contributed by atoms with Gasteiger partial charge in [-0.15, -0.1) is 0 Å². The Balaban J connectivity index is 1.73. The summed E-state index contributed by atoms with van der Waals surface area (Å²) in [7, 11) is 0. The van der Waals surface area contributed by atoms with Crippen LogP contribution in [0.1, 0.15) is 34.1 Å². The van der Waals surface area contributed by atoms with Gasteiger partial charge in [0.2, 0.25) is 11.9 Å². The van der Waals surface area contributed by atoms with E-state index in [1.54, 1.807) is 0 Å². The second kappa shape index (κ2) is 5.22. The zero-order valence-electron chi connectivity index (χ0n) is 17.8. The molecule has 2 N–H and O–H groups in total. The van der Waals surface area contributed by atoms with Crippen LogP contribution in [0.5, 0.6) is 0 Å². The van der Waals surface area contributed by atoms with Gasteiger partial charge in [-0.1, -0.05) is 25.9 Å². The van der Waals surface area contributed by atoms with E-state index in [1.807, 2.05) is 20.8 Å². The molecule has 6 rings (SSSR count). The minimum absolute atomic E-state index is 0.121. The second-order valence-corrected chi connectivity index (χ2v) is 10.9. The first-order chi connectivity index (χ1) is 14.9. The molecule has 2 spiro atoms. The van der Waals surface area contributed by atoms with E-state index in [1.165, 1.54) is 6.92 Å². The third-order valence-corrected chi connectivity index (χ3v) is 9.10. The number of aliphatic hydroxyl groups is 2. The van der Waals surface area contributed by atoms with Crippen molar-refractivity contribution in [2.75, 3.05) is 0 Å². The fraction of sp³-hybridized carbons (Fsp3) is 0.850. The molecular formula is C20H23N3O9. The van der Waals surface area contributed by atoms with E-state index in [-0.39, 0.29) is 6.42 Å². The van der Waals surface area contributed by atoms with Crippen LogP contribution >= 0.6 is 0 Å². The molecule has 4 heterocycles. The van der Waals surface area contributed by atoms with Crippen LogP contribution < -0.4 is 0 Å². The van der Waals surface area contributed by atoms with E-state index in [4.69, 9.17) is 18.9 Å². The zero-order chi connectivity index (χ0) is 23.2. The summed E-state index contributed by atoms with van der Waals surface area (Å²) in [5, 5.41) is 27.3. The SMILES string of the molecule is C[C@@H]1C(=O)OC2CC34C5OC(=O)[C@@]3(OC3OC(=O)[C@H](O)C34[C@H](C(C)(C)C)C5N=[N+]=[N-])[C@]21O. The first-order valence-corrected chi connectivity index (χ1v) is 10.6. The fourth-order valence-electron chi connectivity index (χ4n) is 8.41. The molecule has 0 radical (unpaired) electrons. The van der Waals surface area contributed by atoms with Gasteiger partial charge in [-0.2, -0.15) is 0 Å². The number of nitrogens with zero attached hydrogens (tertiary/aromatic N) is 3. The minimum Gasteiger partial charge on any atom is -0.459 e. The Bertz CT molecular complexity index is 1050. The van der Waals surface area contributed by atoms with Gasteiger partial charge in [-0.3, -0.25) is 4.79 Å². The van der Waals surface area contributed by atoms with Crippen molar-refractivity contribution >= 4 is 17.9 Å². The highest BCUT2D eigenvalue weighted by Gasteiger charge is 3.02. The average Bonchev–Trinajstić information content (AvgIpc) is 3.38. The van der Waals surface area contributed by atoms with Crippen molar-refractivity contribution in [3.8, 4) is 0 Å². The van der Waals surface area contributed by atoms with Gasteiger partial charge in [0.25, 0.3) is 0 Å². The summed E-state index contributed by atoms with van der Waals surface area (Å²) in [4.78, 5) is 41.6. The average molecular weight is 449 g/mol. The van der Waals surface area contributed by atoms with Gasteiger partial charge in [-0.05, 0) is 23.8 Å². The second-order valence-electron chi connectivity index (χ2n) is 10.9. The molecule has 6 fully saturated rings. The van der Waals surface area contributed by atoms with E-state index in [0.29, 0.717) is 0 Å². The number of ether oxygens (including phenoxy) is 4. The molecule has 6 aliphatic rings. The molecule has 12 heteroatoms. The third kappa shape index (κ3) is 1.51. The van der Waals surface area contributed by atoms with Crippen LogP contribution in [0.3, 0.4) is 0 Å². The predicted octanol–water partition coefficient (Wildman–Crippen LogP) is -0.0515. The molecule has 0 aromatic carbocycles. The highest BCUT2D eigenvalue weighted by molar-refractivity contribution is 5.93. The number of carbonyl (C=O) groups is 3. The largest absolute Gasteiger partial charge is 0.459 e. The number of esters is 3. The Labute approximate surface area is 181 Å². The molecule has 6 unspecified atom stereocenters. The molecule has 0 bridgehead atoms. The van der Waals surface area contributed by atoms with Crippen molar-refractivity contribution in [3.05, 3.63) is 10.4 Å². The smallest absolute Gasteiger partial charge is 0.342 e. The van der Waals surface area contributed by atoms with Gasteiger partial charge in [0, 0.05) is 11.3 Å². The lowest BCUT2D eigenvalue weighted by molar-refractivity contribution is -0.238. The van der Waals surface area contributed by atoms with Gasteiger partial charge < -0.3 is 29.2 Å². The summed E-state index contributed by atoms with van der Waals surface area (Å²) >= 11 is 0. The van der Waals surface area contributed by atoms with E-state index in [9.17, 15) is 30.1 Å². The maximum absolute atomic E-state index is 13.5. The van der Waals surface area contributed by atoms with Crippen molar-refractivity contribution in [2.24, 2.45) is 33.2 Å². The van der Waals surface area contributed by atoms with Crippen LogP contribution in [0.25, 0.3) is 10.4 Å². The Kier molecular flexibility index (Phi) is 3.30. The normalized spacial score (nSPS) is 56.7. The lowest BCUT2D eigenvalue weighted by atomic mass is 9.51. The van der Waals surface area contributed by atoms with E-state index in [0.717, 1.165) is 0 Å². The van der Waals surface area contributed by atoms with Crippen molar-refractivity contribution in [1.82, 2.24) is 0 Å². The molecule has 0 aromatic heterocycles. The number of carbonyl (C=O) groups excluding carboxylic acids is 3. The molecule has 0 amide bonds. The first-order valence-electron chi connectivity index (χ1n) is 10.6. The molecule has 172 valence electrons. The number of azide groups is 1. The Morgan fingerprint density at radius 3 is 2.47 bits per heavy atom. The molecule has 12 nitrogen and oxygen atoms in total. The molecule has 4 aliphatic heterocycles. The molecule has 32 heavy (non-hydrogen) atoms. The number of fused-ring (bicyclic) bond motifs is 1. The summed E-state index contributed by atoms with van der Waals surface area (Å²) < 4.78 is 22.9. The van der Waals surface area contributed by atoms with Crippen LogP contribution in [0.4, 0.5) is 0 Å². The van der Waals surface area contributed by atoms with Crippen LogP contribution in [0, 0.1) is 28.1 Å². The highest BCUT2D eigenvalue weighted by Crippen LogP contribution is 2.84. The molecule has 4 saturated heterocycles. The van der Waals surface area contributed by atoms with Crippen LogP contribution in [-0.2, 0) is 33.3 Å². The van der Waals surface area contributed by atoms with E-state index < -0.39 is 87.8 Å². The quantitative estimate of drug-likeness (QED) is 0.182. The molecule has 2 aliphatic carbocycles. The van der Waals surface area contributed by atoms with E-state index >= 15 is 0 Å². The summed E-state index contributed by atoms with van der Waals surface area (Å²) in [6.45, 7) is 6.99. The van der Waals surface area contributed by atoms with E-state index in [2.05, 4.69) is 10.0 Å². The lowest BCUT2D eigenvalue weighted by Gasteiger charge is -2.46. The topological polar surface area (TPSA) is 177 Å². The van der Waals surface area contributed by atoms with Gasteiger partial charge in [0.1, 0.15) is 12.2 Å². The lowest BCUT2D eigenvalue weighted by Crippen LogP contribution is -2.66. The van der Waals surface area contributed by atoms with Crippen LogP contribution in [0.2, 0.25) is 0 Å². The monoisotopic (exact) mass is 449 g/mol. The third-order valence-electron chi connectivity index (χ3n) is 9.10. The van der Waals surface area contributed by atoms with Gasteiger partial charge >= 0.3 is 17.9 Å². The number of hydrogen-bond donors (Lipinski definition) is 2. The standard InChI is InChI=1S/C20H23N3O9/c1-6-12(25)29-7-5-17-11-8(22-23-21)9(16(2,3)4)18(17)10(24)13(26)31-15(18)32-20(17,14(27)30-11)19(6,7)28/h6-11,15,24,28H,5H2,1-4H3/t6-,7?,8?,9+,10+,11?,15?,17?,18?,19-,20+/m1/s1. The van der Waals surface area contributed by atoms with Crippen molar-refractivity contribution in [1.29, 1.82) is 0 Å². The van der Waals surface area contributed by atoms with Gasteiger partial charge in [0.05, 0.1) is 22.8 Å². The zero-order valence-corrected chi connectivity index (χ0v) is 17.8. The Morgan fingerprint density at radius 1 is 1.16 bits per heavy atom. The van der Waals surface area contributed by atoms with Crippen molar-refractivity contribution < 1.29 is 43.5 Å². The predicted molar refractivity (Wildman–Crippen MR) is 98.9 cm³/mol. The number of aliphatic hydroxyl groups excluding tert-OH is 1. The molecule has 11 atom stereocenters. The van der Waals surface area contributed by atoms with Gasteiger partial charge in [-0.25, -0.2) is 9.59 Å². The minimum atomic E-state index is -2.14. The van der Waals surface area contributed by atoms with Crippen LogP contribution in [0.15, 0.2) is 5.11 Å². The fourth-order valence-corrected chi connectivity index (χ4v) is 8.41. The van der Waals surface area contributed by atoms with Crippen LogP contribution in [-0.4, -0.2) is 70.0 Å². The summed E-state index contributed by atoms with van der Waals surface area (Å²) in [6.07, 6.45) is -5.51. The summed E-state index contributed by atoms with van der Waals surface area (Å²) in [6, 6.07) is -0.977. The number of rotatable bonds is 1. The molecular weight excluding hydrogens is 426 g/mol. The number of hydrogen-bond acceptors (Lipinski definition) is 10. The van der Waals surface area contributed by atoms with Gasteiger partial charge in [0.15, 0.2) is 11.7 Å². The van der Waals surface area contributed by atoms with Crippen molar-refractivity contribution in [3.63, 3.8) is 0 Å². The summed E-state index contributed by atoms with van der Waals surface area (Å²) in [5.74, 6) is -4.44. The first kappa shape index (κ1) is 20.2. The highest BCUT2D eigenvalue weighted by atomic mass is 16.8. The molecule has 2 saturated carbocycles. The molecule has 0 aromatic rings.